The normalized spacial score (nSPS) is 22.1. The maximum Gasteiger partial charge on any atom is 0.320 e. The summed E-state index contributed by atoms with van der Waals surface area (Å²) in [4.78, 5) is 13.3. The fraction of sp³-hybridized carbons (Fsp3) is 0.900. The summed E-state index contributed by atoms with van der Waals surface area (Å²) in [5.74, 6) is -0.428. The molecule has 0 aromatic carbocycles. The van der Waals surface area contributed by atoms with Crippen molar-refractivity contribution in [3.63, 3.8) is 0 Å². The van der Waals surface area contributed by atoms with Crippen molar-refractivity contribution in [2.45, 2.75) is 25.8 Å². The third-order valence-corrected chi connectivity index (χ3v) is 3.13. The highest BCUT2D eigenvalue weighted by molar-refractivity contribution is 5.73. The molecule has 0 bridgehead atoms. The van der Waals surface area contributed by atoms with E-state index >= 15 is 0 Å². The Morgan fingerprint density at radius 1 is 1.57 bits per heavy atom. The lowest BCUT2D eigenvalue weighted by atomic mass is 9.89. The molecule has 0 saturated carbocycles. The van der Waals surface area contributed by atoms with Crippen molar-refractivity contribution in [3.05, 3.63) is 0 Å². The zero-order chi connectivity index (χ0) is 10.6. The van der Waals surface area contributed by atoms with Gasteiger partial charge >= 0.3 is 5.97 Å². The van der Waals surface area contributed by atoms with E-state index in [1.807, 2.05) is 0 Å². The van der Waals surface area contributed by atoms with E-state index in [0.717, 1.165) is 32.5 Å². The summed E-state index contributed by atoms with van der Waals surface area (Å²) in [5, 5.41) is 11.9. The van der Waals surface area contributed by atoms with Gasteiger partial charge in [0.2, 0.25) is 0 Å². The molecule has 1 fully saturated rings. The molecule has 1 aliphatic rings. The predicted molar refractivity (Wildman–Crippen MR) is 55.3 cm³/mol. The second kappa shape index (κ2) is 5.32. The van der Waals surface area contributed by atoms with Crippen LogP contribution in [0, 0.1) is 5.92 Å². The van der Waals surface area contributed by atoms with Crippen LogP contribution in [-0.2, 0) is 4.79 Å². The average Bonchev–Trinajstić information content (AvgIpc) is 2.19. The summed E-state index contributed by atoms with van der Waals surface area (Å²) in [7, 11) is 1.73. The summed E-state index contributed by atoms with van der Waals surface area (Å²) < 4.78 is 0. The van der Waals surface area contributed by atoms with Gasteiger partial charge in [0.05, 0.1) is 0 Å². The maximum absolute atomic E-state index is 10.9. The molecule has 1 rings (SSSR count). The monoisotopic (exact) mass is 200 g/mol. The Hall–Kier alpha value is -0.610. The number of nitrogens with zero attached hydrogens (tertiary/aromatic N) is 1. The van der Waals surface area contributed by atoms with Crippen LogP contribution in [-0.4, -0.2) is 48.7 Å². The van der Waals surface area contributed by atoms with Gasteiger partial charge in [0.15, 0.2) is 0 Å². The molecule has 1 saturated heterocycles. The minimum Gasteiger partial charge on any atom is -0.480 e. The van der Waals surface area contributed by atoms with Gasteiger partial charge in [-0.1, -0.05) is 6.92 Å². The number of aliphatic carboxylic acids is 1. The molecule has 0 radical (unpaired) electrons. The van der Waals surface area contributed by atoms with Crippen molar-refractivity contribution in [3.8, 4) is 0 Å². The van der Waals surface area contributed by atoms with Gasteiger partial charge in [-0.15, -0.1) is 0 Å². The van der Waals surface area contributed by atoms with Gasteiger partial charge in [0, 0.05) is 0 Å². The molecule has 0 spiro atoms. The van der Waals surface area contributed by atoms with Crippen LogP contribution in [0.4, 0.5) is 0 Å². The largest absolute Gasteiger partial charge is 0.480 e. The van der Waals surface area contributed by atoms with Crippen LogP contribution in [0.5, 0.6) is 0 Å². The highest BCUT2D eigenvalue weighted by Crippen LogP contribution is 2.20. The van der Waals surface area contributed by atoms with E-state index in [9.17, 15) is 4.79 Å². The smallest absolute Gasteiger partial charge is 0.320 e. The molecule has 0 aliphatic carbocycles. The Balaban J connectivity index is 2.43. The quantitative estimate of drug-likeness (QED) is 0.689. The highest BCUT2D eigenvalue weighted by Gasteiger charge is 2.29. The molecular formula is C10H20N2O2. The number of hydrogen-bond acceptors (Lipinski definition) is 3. The van der Waals surface area contributed by atoms with Crippen LogP contribution in [0.25, 0.3) is 0 Å². The first-order chi connectivity index (χ1) is 6.69. The first kappa shape index (κ1) is 11.5. The van der Waals surface area contributed by atoms with Gasteiger partial charge < -0.3 is 15.3 Å². The van der Waals surface area contributed by atoms with Crippen LogP contribution >= 0.6 is 0 Å². The second-order valence-corrected chi connectivity index (χ2v) is 3.88. The molecule has 2 N–H and O–H groups in total. The minimum atomic E-state index is -0.720. The van der Waals surface area contributed by atoms with Gasteiger partial charge in [-0.2, -0.15) is 0 Å². The molecule has 0 amide bonds. The molecule has 4 nitrogen and oxygen atoms in total. The number of piperidine rings is 1. The molecule has 4 heteroatoms. The van der Waals surface area contributed by atoms with Gasteiger partial charge in [-0.3, -0.25) is 4.79 Å². The number of carboxylic acids is 1. The van der Waals surface area contributed by atoms with Crippen molar-refractivity contribution in [2.75, 3.05) is 26.7 Å². The number of carbonyl (C=O) groups is 1. The number of hydrogen-bond donors (Lipinski definition) is 2. The highest BCUT2D eigenvalue weighted by atomic mass is 16.4. The van der Waals surface area contributed by atoms with E-state index in [0.29, 0.717) is 5.92 Å². The number of likely N-dealkylation sites (tertiary alicyclic amines) is 1. The number of carboxylic acid groups (broad SMARTS) is 1. The zero-order valence-electron chi connectivity index (χ0n) is 8.99. The lowest BCUT2D eigenvalue weighted by Gasteiger charge is -2.33. The van der Waals surface area contributed by atoms with Gasteiger partial charge in [0.1, 0.15) is 6.04 Å². The summed E-state index contributed by atoms with van der Waals surface area (Å²) in [6.07, 6.45) is 1.98. The van der Waals surface area contributed by atoms with Crippen molar-refractivity contribution in [1.82, 2.24) is 10.2 Å². The molecule has 1 aliphatic heterocycles. The first-order valence-electron chi connectivity index (χ1n) is 5.31. The molecule has 82 valence electrons. The van der Waals surface area contributed by atoms with E-state index in [1.54, 1.807) is 7.05 Å². The van der Waals surface area contributed by atoms with Crippen molar-refractivity contribution < 1.29 is 9.90 Å². The molecule has 1 unspecified atom stereocenters. The van der Waals surface area contributed by atoms with Crippen LogP contribution in [0.2, 0.25) is 0 Å². The molecule has 14 heavy (non-hydrogen) atoms. The van der Waals surface area contributed by atoms with Crippen LogP contribution < -0.4 is 5.32 Å². The van der Waals surface area contributed by atoms with E-state index < -0.39 is 5.97 Å². The third-order valence-electron chi connectivity index (χ3n) is 3.13. The van der Waals surface area contributed by atoms with E-state index in [2.05, 4.69) is 17.1 Å². The molecule has 0 aromatic heterocycles. The summed E-state index contributed by atoms with van der Waals surface area (Å²) >= 11 is 0. The Morgan fingerprint density at radius 3 is 2.50 bits per heavy atom. The van der Waals surface area contributed by atoms with E-state index in [1.165, 1.54) is 0 Å². The average molecular weight is 200 g/mol. The molecular weight excluding hydrogens is 180 g/mol. The Morgan fingerprint density at radius 2 is 2.14 bits per heavy atom. The Bertz CT molecular complexity index is 189. The lowest BCUT2D eigenvalue weighted by molar-refractivity contribution is -0.141. The number of rotatable bonds is 4. The van der Waals surface area contributed by atoms with Crippen molar-refractivity contribution in [1.29, 1.82) is 0 Å². The summed E-state index contributed by atoms with van der Waals surface area (Å²) in [6, 6.07) is -0.367. The third kappa shape index (κ3) is 2.69. The van der Waals surface area contributed by atoms with Gasteiger partial charge in [0.25, 0.3) is 0 Å². The first-order valence-corrected chi connectivity index (χ1v) is 5.31. The SMILES string of the molecule is CCN1CCC(C(NC)C(=O)O)CC1. The van der Waals surface area contributed by atoms with Crippen LogP contribution in [0.15, 0.2) is 0 Å². The molecule has 1 heterocycles. The van der Waals surface area contributed by atoms with Crippen LogP contribution in [0.3, 0.4) is 0 Å². The van der Waals surface area contributed by atoms with Gasteiger partial charge in [-0.05, 0) is 45.4 Å². The fourth-order valence-corrected chi connectivity index (χ4v) is 2.16. The van der Waals surface area contributed by atoms with Crippen molar-refractivity contribution >= 4 is 5.97 Å². The van der Waals surface area contributed by atoms with E-state index in [-0.39, 0.29) is 6.04 Å². The minimum absolute atomic E-state index is 0.292. The zero-order valence-corrected chi connectivity index (χ0v) is 8.99. The lowest BCUT2D eigenvalue weighted by Crippen LogP contribution is -2.46. The summed E-state index contributed by atoms with van der Waals surface area (Å²) in [5.41, 5.74) is 0. The van der Waals surface area contributed by atoms with Crippen LogP contribution in [0.1, 0.15) is 19.8 Å². The van der Waals surface area contributed by atoms with E-state index in [4.69, 9.17) is 5.11 Å². The Kier molecular flexibility index (Phi) is 4.35. The maximum atomic E-state index is 10.9. The fourth-order valence-electron chi connectivity index (χ4n) is 2.16. The topological polar surface area (TPSA) is 52.6 Å². The summed E-state index contributed by atoms with van der Waals surface area (Å²) in [6.45, 7) is 5.29. The molecule has 1 atom stereocenters. The standard InChI is InChI=1S/C10H20N2O2/c1-3-12-6-4-8(5-7-12)9(11-2)10(13)14/h8-9,11H,3-7H2,1-2H3,(H,13,14). The number of nitrogens with one attached hydrogen (secondary N) is 1. The Labute approximate surface area is 85.3 Å². The van der Waals surface area contributed by atoms with Crippen molar-refractivity contribution in [2.24, 2.45) is 5.92 Å². The predicted octanol–water partition coefficient (Wildman–Crippen LogP) is 0.391. The second-order valence-electron chi connectivity index (χ2n) is 3.88. The molecule has 0 aromatic rings. The number of likely N-dealkylation sites (N-methyl/N-ethyl adjacent to an activating group) is 1. The van der Waals surface area contributed by atoms with Gasteiger partial charge in [-0.25, -0.2) is 0 Å².